The van der Waals surface area contributed by atoms with Crippen LogP contribution in [0, 0.1) is 16.0 Å². The summed E-state index contributed by atoms with van der Waals surface area (Å²) >= 11 is 0. The van der Waals surface area contributed by atoms with Gasteiger partial charge in [0.1, 0.15) is 5.69 Å². The van der Waals surface area contributed by atoms with Crippen LogP contribution in [0.25, 0.3) is 0 Å². The van der Waals surface area contributed by atoms with Gasteiger partial charge in [-0.3, -0.25) is 14.9 Å². The van der Waals surface area contributed by atoms with Gasteiger partial charge in [-0.1, -0.05) is 48.5 Å². The van der Waals surface area contributed by atoms with Gasteiger partial charge in [0, 0.05) is 30.0 Å². The summed E-state index contributed by atoms with van der Waals surface area (Å²) in [6, 6.07) is 21.3. The van der Waals surface area contributed by atoms with Crippen molar-refractivity contribution in [3.8, 4) is 0 Å². The molecule has 6 nitrogen and oxygen atoms in total. The maximum atomic E-state index is 12.7. The Morgan fingerprint density at radius 3 is 2.20 bits per heavy atom. The number of hydrogen-bond acceptors (Lipinski definition) is 4. The van der Waals surface area contributed by atoms with Crippen LogP contribution in [0.3, 0.4) is 0 Å². The van der Waals surface area contributed by atoms with Crippen LogP contribution in [0.5, 0.6) is 0 Å². The zero-order chi connectivity index (χ0) is 20.8. The van der Waals surface area contributed by atoms with Crippen LogP contribution >= 0.6 is 0 Å². The maximum absolute atomic E-state index is 12.7. The number of rotatable bonds is 4. The number of amides is 1. The molecule has 0 saturated heterocycles. The average molecular weight is 399 g/mol. The summed E-state index contributed by atoms with van der Waals surface area (Å²) in [6.07, 6.45) is 0.973. The summed E-state index contributed by atoms with van der Waals surface area (Å²) in [5.41, 5.74) is 11.1. The van der Waals surface area contributed by atoms with Crippen molar-refractivity contribution in [2.24, 2.45) is 5.92 Å². The van der Waals surface area contributed by atoms with Gasteiger partial charge in [0.05, 0.1) is 4.92 Å². The molecular weight excluding hydrogens is 378 g/mol. The number of fused-ring (bicyclic) bond motifs is 1. The summed E-state index contributed by atoms with van der Waals surface area (Å²) in [7, 11) is 0. The van der Waals surface area contributed by atoms with Crippen LogP contribution in [0.1, 0.15) is 50.9 Å². The van der Waals surface area contributed by atoms with Crippen LogP contribution < -0.4 is 11.1 Å². The Morgan fingerprint density at radius 1 is 1.00 bits per heavy atom. The monoisotopic (exact) mass is 399 g/mol. The second-order valence-electron chi connectivity index (χ2n) is 8.02. The highest BCUT2D eigenvalue weighted by Crippen LogP contribution is 2.55. The smallest absolute Gasteiger partial charge is 0.292 e. The van der Waals surface area contributed by atoms with Gasteiger partial charge in [-0.15, -0.1) is 0 Å². The van der Waals surface area contributed by atoms with Crippen LogP contribution in [-0.2, 0) is 0 Å². The first-order valence-electron chi connectivity index (χ1n) is 10.0. The zero-order valence-electron chi connectivity index (χ0n) is 16.2. The SMILES string of the molecule is Nc1ccc(C(=O)NCC2CC3c4ccccc4C2c2ccccc23)cc1[N+](=O)[O-]. The number of carbonyl (C=O) groups excluding carboxylic acids is 1. The highest BCUT2D eigenvalue weighted by molar-refractivity contribution is 5.95. The standard InChI is InChI=1S/C24H21N3O3/c25-21-10-9-14(12-22(21)27(29)30)24(28)26-13-15-11-20-16-5-1-3-7-18(16)23(15)19-8-4-2-6-17(19)20/h1-10,12,15,20,23H,11,13,25H2,(H,26,28). The molecule has 3 aromatic rings. The molecule has 6 rings (SSSR count). The molecule has 0 fully saturated rings. The fraction of sp³-hybridized carbons (Fsp3) is 0.208. The number of nitro groups is 1. The third-order valence-electron chi connectivity index (χ3n) is 6.44. The normalized spacial score (nSPS) is 20.9. The van der Waals surface area contributed by atoms with E-state index in [1.54, 1.807) is 0 Å². The molecule has 1 unspecified atom stereocenters. The molecule has 0 saturated carbocycles. The molecule has 30 heavy (non-hydrogen) atoms. The number of nitrogen functional groups attached to an aromatic ring is 1. The van der Waals surface area contributed by atoms with Crippen molar-refractivity contribution in [3.05, 3.63) is 105 Å². The van der Waals surface area contributed by atoms with E-state index in [9.17, 15) is 14.9 Å². The largest absolute Gasteiger partial charge is 0.393 e. The van der Waals surface area contributed by atoms with Gasteiger partial charge in [0.15, 0.2) is 0 Å². The van der Waals surface area contributed by atoms with Gasteiger partial charge < -0.3 is 11.1 Å². The van der Waals surface area contributed by atoms with E-state index in [1.165, 1.54) is 40.5 Å². The van der Waals surface area contributed by atoms with E-state index in [1.807, 2.05) is 0 Å². The fourth-order valence-corrected chi connectivity index (χ4v) is 5.13. The van der Waals surface area contributed by atoms with Crippen LogP contribution in [0.15, 0.2) is 66.7 Å². The van der Waals surface area contributed by atoms with Crippen LogP contribution in [0.4, 0.5) is 11.4 Å². The molecule has 0 aliphatic heterocycles. The molecule has 0 spiro atoms. The van der Waals surface area contributed by atoms with E-state index in [0.29, 0.717) is 12.5 Å². The molecular formula is C24H21N3O3. The number of anilines is 1. The Bertz CT molecular complexity index is 1130. The Morgan fingerprint density at radius 2 is 1.60 bits per heavy atom. The second-order valence-corrected chi connectivity index (χ2v) is 8.02. The predicted octanol–water partition coefficient (Wildman–Crippen LogP) is 4.20. The van der Waals surface area contributed by atoms with Crippen molar-refractivity contribution in [2.45, 2.75) is 18.3 Å². The maximum Gasteiger partial charge on any atom is 0.292 e. The number of benzene rings is 3. The third-order valence-corrected chi connectivity index (χ3v) is 6.44. The summed E-state index contributed by atoms with van der Waals surface area (Å²) in [6.45, 7) is 0.515. The summed E-state index contributed by atoms with van der Waals surface area (Å²) in [4.78, 5) is 23.2. The number of hydrogen-bond donors (Lipinski definition) is 2. The number of carbonyl (C=O) groups is 1. The second kappa shape index (κ2) is 6.99. The molecule has 3 N–H and O–H groups in total. The fourth-order valence-electron chi connectivity index (χ4n) is 5.13. The lowest BCUT2D eigenvalue weighted by Crippen LogP contribution is -2.39. The highest BCUT2D eigenvalue weighted by Gasteiger charge is 2.42. The first-order chi connectivity index (χ1) is 14.5. The summed E-state index contributed by atoms with van der Waals surface area (Å²) < 4.78 is 0. The van der Waals surface area contributed by atoms with E-state index in [0.717, 1.165) is 6.42 Å². The Hall–Kier alpha value is -3.67. The first-order valence-corrected chi connectivity index (χ1v) is 10.0. The van der Waals surface area contributed by atoms with Crippen molar-refractivity contribution in [3.63, 3.8) is 0 Å². The predicted molar refractivity (Wildman–Crippen MR) is 115 cm³/mol. The van der Waals surface area contributed by atoms with Gasteiger partial charge in [-0.25, -0.2) is 0 Å². The van der Waals surface area contributed by atoms with Crippen molar-refractivity contribution in [1.82, 2.24) is 5.32 Å². The number of nitrogens with two attached hydrogens (primary N) is 1. The molecule has 6 heteroatoms. The lowest BCUT2D eigenvalue weighted by atomic mass is 9.59. The van der Waals surface area contributed by atoms with E-state index in [-0.39, 0.29) is 34.7 Å². The molecule has 3 aromatic carbocycles. The third kappa shape index (κ3) is 2.84. The molecule has 1 atom stereocenters. The Kier molecular flexibility index (Phi) is 4.28. The van der Waals surface area contributed by atoms with Gasteiger partial charge in [-0.05, 0) is 46.7 Å². The van der Waals surface area contributed by atoms with Gasteiger partial charge >= 0.3 is 0 Å². The Balaban J connectivity index is 1.40. The van der Waals surface area contributed by atoms with Gasteiger partial charge in [-0.2, -0.15) is 0 Å². The molecule has 3 aliphatic rings. The van der Waals surface area contributed by atoms with E-state index in [4.69, 9.17) is 5.73 Å². The molecule has 0 aromatic heterocycles. The van der Waals surface area contributed by atoms with Gasteiger partial charge in [0.25, 0.3) is 11.6 Å². The molecule has 2 bridgehead atoms. The van der Waals surface area contributed by atoms with Crippen molar-refractivity contribution < 1.29 is 9.72 Å². The van der Waals surface area contributed by atoms with E-state index >= 15 is 0 Å². The van der Waals surface area contributed by atoms with Crippen molar-refractivity contribution in [2.75, 3.05) is 12.3 Å². The van der Waals surface area contributed by atoms with E-state index in [2.05, 4.69) is 53.8 Å². The minimum Gasteiger partial charge on any atom is -0.393 e. The first kappa shape index (κ1) is 18.4. The van der Waals surface area contributed by atoms with Crippen molar-refractivity contribution >= 4 is 17.3 Å². The van der Waals surface area contributed by atoms with Gasteiger partial charge in [0.2, 0.25) is 0 Å². The quantitative estimate of drug-likeness (QED) is 0.390. The molecule has 1 amide bonds. The summed E-state index contributed by atoms with van der Waals surface area (Å²) in [5.74, 6) is 0.527. The lowest BCUT2D eigenvalue weighted by molar-refractivity contribution is -0.383. The number of nitrogens with one attached hydrogen (secondary N) is 1. The topological polar surface area (TPSA) is 98.3 Å². The van der Waals surface area contributed by atoms with Crippen LogP contribution in [-0.4, -0.2) is 17.4 Å². The average Bonchev–Trinajstić information content (AvgIpc) is 2.77. The zero-order valence-corrected chi connectivity index (χ0v) is 16.2. The van der Waals surface area contributed by atoms with Crippen LogP contribution in [0.2, 0.25) is 0 Å². The number of nitro benzene ring substituents is 1. The highest BCUT2D eigenvalue weighted by atomic mass is 16.6. The lowest BCUT2D eigenvalue weighted by Gasteiger charge is -2.45. The van der Waals surface area contributed by atoms with Crippen molar-refractivity contribution in [1.29, 1.82) is 0 Å². The molecule has 150 valence electrons. The molecule has 0 radical (unpaired) electrons. The summed E-state index contributed by atoms with van der Waals surface area (Å²) in [5, 5.41) is 14.1. The molecule has 3 aliphatic carbocycles. The number of nitrogens with zero attached hydrogens (tertiary/aromatic N) is 1. The van der Waals surface area contributed by atoms with E-state index < -0.39 is 4.92 Å². The minimum atomic E-state index is -0.569. The Labute approximate surface area is 173 Å². The molecule has 0 heterocycles. The minimum absolute atomic E-state index is 0.0503.